The van der Waals surface area contributed by atoms with Gasteiger partial charge in [0.1, 0.15) is 6.61 Å². The maximum absolute atomic E-state index is 12.5. The van der Waals surface area contributed by atoms with E-state index in [1.165, 1.54) is 11.3 Å². The number of carbonyl (C=O) groups is 3. The number of allylic oxidation sites excluding steroid dienone is 1. The van der Waals surface area contributed by atoms with E-state index in [4.69, 9.17) is 4.74 Å². The van der Waals surface area contributed by atoms with Crippen LogP contribution < -0.4 is 5.32 Å². The molecule has 1 N–H and O–H groups in total. The molecule has 0 radical (unpaired) electrons. The quantitative estimate of drug-likeness (QED) is 0.399. The molecule has 1 aromatic heterocycles. The molecule has 0 fully saturated rings. The number of thiophene rings is 1. The molecule has 1 aliphatic heterocycles. The predicted octanol–water partition coefficient (Wildman–Crippen LogP) is 3.48. The number of ketones is 1. The van der Waals surface area contributed by atoms with Crippen molar-refractivity contribution in [2.75, 3.05) is 20.2 Å². The van der Waals surface area contributed by atoms with E-state index >= 15 is 0 Å². The third-order valence-corrected chi connectivity index (χ3v) is 5.89. The Labute approximate surface area is 179 Å². The second kappa shape index (κ2) is 10.0. The van der Waals surface area contributed by atoms with Gasteiger partial charge in [0.15, 0.2) is 0 Å². The molecular formula is C23H24N2O4S. The molecule has 3 rings (SSSR count). The molecule has 7 heteroatoms. The van der Waals surface area contributed by atoms with Gasteiger partial charge in [0, 0.05) is 29.3 Å². The Hall–Kier alpha value is -3.19. The molecule has 0 aliphatic carbocycles. The van der Waals surface area contributed by atoms with Gasteiger partial charge in [-0.25, -0.2) is 0 Å². The SMILES string of the molecule is CC(C(=O)OCCNC(=O)C1=CN(C)C=CC1)c1ccc(C(=O)c2ccccc2)s1. The van der Waals surface area contributed by atoms with Crippen LogP contribution in [-0.2, 0) is 14.3 Å². The second-order valence-corrected chi connectivity index (χ2v) is 8.07. The Kier molecular flexibility index (Phi) is 7.19. The van der Waals surface area contributed by atoms with Crippen LogP contribution in [0.2, 0.25) is 0 Å². The van der Waals surface area contributed by atoms with Crippen molar-refractivity contribution in [3.63, 3.8) is 0 Å². The van der Waals surface area contributed by atoms with Gasteiger partial charge in [-0.1, -0.05) is 36.4 Å². The van der Waals surface area contributed by atoms with E-state index in [-0.39, 0.29) is 30.8 Å². The van der Waals surface area contributed by atoms with Gasteiger partial charge in [-0.2, -0.15) is 0 Å². The van der Waals surface area contributed by atoms with Crippen molar-refractivity contribution >= 4 is 29.0 Å². The first-order chi connectivity index (χ1) is 14.5. The fourth-order valence-corrected chi connectivity index (χ4v) is 3.96. The average Bonchev–Trinajstić information content (AvgIpc) is 3.26. The average molecular weight is 425 g/mol. The van der Waals surface area contributed by atoms with Crippen LogP contribution in [0.4, 0.5) is 0 Å². The maximum atomic E-state index is 12.5. The molecule has 1 aliphatic rings. The molecule has 0 saturated carbocycles. The Balaban J connectivity index is 1.46. The van der Waals surface area contributed by atoms with Gasteiger partial charge in [-0.15, -0.1) is 11.3 Å². The van der Waals surface area contributed by atoms with E-state index < -0.39 is 5.92 Å². The van der Waals surface area contributed by atoms with E-state index in [1.807, 2.05) is 42.4 Å². The summed E-state index contributed by atoms with van der Waals surface area (Å²) in [7, 11) is 1.86. The molecule has 30 heavy (non-hydrogen) atoms. The van der Waals surface area contributed by atoms with Crippen LogP contribution in [0.5, 0.6) is 0 Å². The molecule has 156 valence electrons. The highest BCUT2D eigenvalue weighted by molar-refractivity contribution is 7.14. The number of amides is 1. The summed E-state index contributed by atoms with van der Waals surface area (Å²) in [5.41, 5.74) is 1.28. The highest BCUT2D eigenvalue weighted by Crippen LogP contribution is 2.27. The standard InChI is InChI=1S/C23H24N2O4S/c1-16(19-10-11-20(30-19)21(26)17-7-4-3-5-8-17)23(28)29-14-12-24-22(27)18-9-6-13-25(2)15-18/h3-8,10-11,13,15-16H,9,12,14H2,1-2H3,(H,24,27). The summed E-state index contributed by atoms with van der Waals surface area (Å²) in [6.07, 6.45) is 6.15. The third kappa shape index (κ3) is 5.45. The zero-order valence-corrected chi connectivity index (χ0v) is 17.8. The normalized spacial score (nSPS) is 14.1. The Bertz CT molecular complexity index is 978. The van der Waals surface area contributed by atoms with E-state index in [9.17, 15) is 14.4 Å². The van der Waals surface area contributed by atoms with Gasteiger partial charge >= 0.3 is 5.97 Å². The Morgan fingerprint density at radius 3 is 2.67 bits per heavy atom. The maximum Gasteiger partial charge on any atom is 0.314 e. The number of benzene rings is 1. The molecule has 1 unspecified atom stereocenters. The summed E-state index contributed by atoms with van der Waals surface area (Å²) in [5, 5.41) is 2.76. The molecule has 6 nitrogen and oxygen atoms in total. The summed E-state index contributed by atoms with van der Waals surface area (Å²) in [6, 6.07) is 12.6. The van der Waals surface area contributed by atoms with Crippen LogP contribution in [-0.4, -0.2) is 42.8 Å². The second-order valence-electron chi connectivity index (χ2n) is 6.95. The number of hydrogen-bond donors (Lipinski definition) is 1. The molecule has 1 atom stereocenters. The van der Waals surface area contributed by atoms with Crippen LogP contribution in [0.1, 0.15) is 39.4 Å². The molecule has 0 bridgehead atoms. The summed E-state index contributed by atoms with van der Waals surface area (Å²) in [5.74, 6) is -1.10. The zero-order chi connectivity index (χ0) is 21.5. The number of ether oxygens (including phenoxy) is 1. The fraction of sp³-hybridized carbons (Fsp3) is 0.261. The van der Waals surface area contributed by atoms with Gasteiger partial charge in [0.25, 0.3) is 0 Å². The lowest BCUT2D eigenvalue weighted by atomic mass is 10.1. The number of rotatable bonds is 8. The number of carbonyl (C=O) groups excluding carboxylic acids is 3. The first kappa shape index (κ1) is 21.5. The number of hydrogen-bond acceptors (Lipinski definition) is 6. The van der Waals surface area contributed by atoms with Crippen molar-refractivity contribution < 1.29 is 19.1 Å². The van der Waals surface area contributed by atoms with E-state index in [0.717, 1.165) is 4.88 Å². The molecule has 1 aromatic carbocycles. The van der Waals surface area contributed by atoms with Gasteiger partial charge in [0.2, 0.25) is 11.7 Å². The summed E-state index contributed by atoms with van der Waals surface area (Å²) >= 11 is 1.30. The van der Waals surface area contributed by atoms with Crippen LogP contribution in [0.3, 0.4) is 0 Å². The third-order valence-electron chi connectivity index (χ3n) is 4.63. The minimum atomic E-state index is -0.483. The van der Waals surface area contributed by atoms with Crippen LogP contribution in [0.15, 0.2) is 66.5 Å². The van der Waals surface area contributed by atoms with Crippen molar-refractivity contribution in [3.05, 3.63) is 81.8 Å². The van der Waals surface area contributed by atoms with E-state index in [1.54, 1.807) is 37.4 Å². The summed E-state index contributed by atoms with van der Waals surface area (Å²) < 4.78 is 5.30. The highest BCUT2D eigenvalue weighted by atomic mass is 32.1. The predicted molar refractivity (Wildman–Crippen MR) is 116 cm³/mol. The van der Waals surface area contributed by atoms with Gasteiger partial charge < -0.3 is 15.0 Å². The minimum Gasteiger partial charge on any atom is -0.463 e. The van der Waals surface area contributed by atoms with E-state index in [0.29, 0.717) is 22.4 Å². The molecule has 2 aromatic rings. The van der Waals surface area contributed by atoms with E-state index in [2.05, 4.69) is 5.32 Å². The molecular weight excluding hydrogens is 400 g/mol. The lowest BCUT2D eigenvalue weighted by molar-refractivity contribution is -0.145. The lowest BCUT2D eigenvalue weighted by Gasteiger charge is -2.16. The number of esters is 1. The fourth-order valence-electron chi connectivity index (χ4n) is 2.95. The van der Waals surface area contributed by atoms with Crippen molar-refractivity contribution in [2.24, 2.45) is 0 Å². The smallest absolute Gasteiger partial charge is 0.314 e. The van der Waals surface area contributed by atoms with Gasteiger partial charge in [-0.05, 0) is 31.7 Å². The van der Waals surface area contributed by atoms with Crippen molar-refractivity contribution in [3.8, 4) is 0 Å². The Morgan fingerprint density at radius 2 is 1.93 bits per heavy atom. The largest absolute Gasteiger partial charge is 0.463 e. The first-order valence-corrected chi connectivity index (χ1v) is 10.5. The summed E-state index contributed by atoms with van der Waals surface area (Å²) in [6.45, 7) is 2.08. The molecule has 1 amide bonds. The number of nitrogens with zero attached hydrogens (tertiary/aromatic N) is 1. The van der Waals surface area contributed by atoms with Gasteiger partial charge in [0.05, 0.1) is 17.3 Å². The zero-order valence-electron chi connectivity index (χ0n) is 17.0. The van der Waals surface area contributed by atoms with Gasteiger partial charge in [-0.3, -0.25) is 14.4 Å². The molecule has 2 heterocycles. The van der Waals surface area contributed by atoms with Crippen molar-refractivity contribution in [1.29, 1.82) is 0 Å². The highest BCUT2D eigenvalue weighted by Gasteiger charge is 2.21. The van der Waals surface area contributed by atoms with Crippen molar-refractivity contribution in [1.82, 2.24) is 10.2 Å². The monoisotopic (exact) mass is 424 g/mol. The molecule has 0 spiro atoms. The summed E-state index contributed by atoms with van der Waals surface area (Å²) in [4.78, 5) is 40.2. The number of nitrogens with one attached hydrogen (secondary N) is 1. The first-order valence-electron chi connectivity index (χ1n) is 9.69. The minimum absolute atomic E-state index is 0.0624. The van der Waals surface area contributed by atoms with Crippen molar-refractivity contribution in [2.45, 2.75) is 19.3 Å². The van der Waals surface area contributed by atoms with Crippen LogP contribution in [0, 0.1) is 0 Å². The molecule has 0 saturated heterocycles. The Morgan fingerprint density at radius 1 is 1.17 bits per heavy atom. The van der Waals surface area contributed by atoms with Crippen LogP contribution >= 0.6 is 11.3 Å². The van der Waals surface area contributed by atoms with Crippen LogP contribution in [0.25, 0.3) is 0 Å². The lowest BCUT2D eigenvalue weighted by Crippen LogP contribution is -2.30. The topological polar surface area (TPSA) is 75.7 Å².